The van der Waals surface area contributed by atoms with Gasteiger partial charge >= 0.3 is 0 Å². The summed E-state index contributed by atoms with van der Waals surface area (Å²) in [5, 5.41) is 1.54. The normalized spacial score (nSPS) is 13.9. The van der Waals surface area contributed by atoms with Gasteiger partial charge in [0.05, 0.1) is 29.6 Å². The summed E-state index contributed by atoms with van der Waals surface area (Å²) in [7, 11) is 1.69. The molecular weight excluding hydrogens is 434 g/mol. The summed E-state index contributed by atoms with van der Waals surface area (Å²) in [6.45, 7) is 2.78. The number of amides is 1. The van der Waals surface area contributed by atoms with Gasteiger partial charge in [-0.1, -0.05) is 54.1 Å². The first-order valence-electron chi connectivity index (χ1n) is 11.0. The van der Waals surface area contributed by atoms with E-state index in [0.29, 0.717) is 23.7 Å². The first kappa shape index (κ1) is 21.3. The van der Waals surface area contributed by atoms with E-state index in [2.05, 4.69) is 11.0 Å². The molecule has 1 saturated heterocycles. The molecule has 1 amide bonds. The van der Waals surface area contributed by atoms with Gasteiger partial charge in [-0.2, -0.15) is 0 Å². The van der Waals surface area contributed by atoms with Crippen LogP contribution in [0.1, 0.15) is 10.4 Å². The molecule has 0 aliphatic carbocycles. The Morgan fingerprint density at radius 3 is 2.36 bits per heavy atom. The van der Waals surface area contributed by atoms with Crippen LogP contribution >= 0.6 is 11.6 Å². The molecule has 166 valence electrons. The van der Waals surface area contributed by atoms with Gasteiger partial charge in [-0.25, -0.2) is 4.98 Å². The highest BCUT2D eigenvalue weighted by molar-refractivity contribution is 6.30. The predicted molar refractivity (Wildman–Crippen MR) is 133 cm³/mol. The maximum absolute atomic E-state index is 13.7. The van der Waals surface area contributed by atoms with Crippen molar-refractivity contribution in [3.05, 3.63) is 89.4 Å². The van der Waals surface area contributed by atoms with E-state index in [9.17, 15) is 4.79 Å². The molecule has 4 aromatic rings. The Kier molecular flexibility index (Phi) is 5.88. The second kappa shape index (κ2) is 9.12. The number of ether oxygens (including phenoxy) is 1. The summed E-state index contributed by atoms with van der Waals surface area (Å²) in [6, 6.07) is 25.3. The van der Waals surface area contributed by atoms with Crippen LogP contribution in [0.3, 0.4) is 0 Å². The van der Waals surface area contributed by atoms with Crippen LogP contribution in [0, 0.1) is 0 Å². The van der Waals surface area contributed by atoms with Crippen molar-refractivity contribution in [2.75, 3.05) is 38.2 Å². The maximum atomic E-state index is 13.7. The van der Waals surface area contributed by atoms with E-state index in [1.807, 2.05) is 77.7 Å². The van der Waals surface area contributed by atoms with Gasteiger partial charge in [-0.15, -0.1) is 0 Å². The van der Waals surface area contributed by atoms with Crippen molar-refractivity contribution in [1.29, 1.82) is 0 Å². The number of carbonyl (C=O) groups is 1. The summed E-state index contributed by atoms with van der Waals surface area (Å²) in [5.74, 6) is 0.883. The van der Waals surface area contributed by atoms with Gasteiger partial charge in [-0.05, 0) is 36.4 Å². The number of fused-ring (bicyclic) bond motifs is 1. The summed E-state index contributed by atoms with van der Waals surface area (Å²) >= 11 is 6.06. The minimum Gasteiger partial charge on any atom is -0.495 e. The molecular formula is C27H24ClN3O2. The number of halogens is 1. The minimum absolute atomic E-state index is 0.0310. The Hall–Kier alpha value is -3.57. The molecule has 33 heavy (non-hydrogen) atoms. The zero-order valence-electron chi connectivity index (χ0n) is 18.4. The smallest absolute Gasteiger partial charge is 0.254 e. The molecule has 3 aromatic carbocycles. The monoisotopic (exact) mass is 457 g/mol. The SMILES string of the molecule is COc1ccccc1N1CCN(C(=O)c2cc(-c3ccc(Cl)cc3)nc3ccccc23)CC1. The van der Waals surface area contributed by atoms with E-state index in [0.717, 1.165) is 46.7 Å². The topological polar surface area (TPSA) is 45.7 Å². The fourth-order valence-corrected chi connectivity index (χ4v) is 4.46. The highest BCUT2D eigenvalue weighted by atomic mass is 35.5. The fraction of sp³-hybridized carbons (Fsp3) is 0.185. The number of pyridine rings is 1. The van der Waals surface area contributed by atoms with Gasteiger partial charge in [0.1, 0.15) is 5.75 Å². The molecule has 1 aromatic heterocycles. The number of para-hydroxylation sites is 3. The standard InChI is InChI=1S/C27H24ClN3O2/c1-33-26-9-5-4-8-25(26)30-14-16-31(17-15-30)27(32)22-18-24(19-10-12-20(28)13-11-19)29-23-7-3-2-6-21(22)23/h2-13,18H,14-17H2,1H3. The van der Waals surface area contributed by atoms with E-state index < -0.39 is 0 Å². The minimum atomic E-state index is 0.0310. The maximum Gasteiger partial charge on any atom is 0.254 e. The second-order valence-corrected chi connectivity index (χ2v) is 8.47. The molecule has 0 spiro atoms. The molecule has 1 fully saturated rings. The molecule has 0 saturated carbocycles. The highest BCUT2D eigenvalue weighted by Crippen LogP contribution is 2.30. The van der Waals surface area contributed by atoms with Crippen molar-refractivity contribution in [2.45, 2.75) is 0 Å². The molecule has 0 unspecified atom stereocenters. The summed E-state index contributed by atoms with van der Waals surface area (Å²) in [5.41, 5.74) is 4.24. The largest absolute Gasteiger partial charge is 0.495 e. The molecule has 0 bridgehead atoms. The Bertz CT molecular complexity index is 1300. The summed E-state index contributed by atoms with van der Waals surface area (Å²) in [6.07, 6.45) is 0. The first-order valence-corrected chi connectivity index (χ1v) is 11.3. The number of rotatable bonds is 4. The van der Waals surface area contributed by atoms with Gasteiger partial charge in [-0.3, -0.25) is 4.79 Å². The lowest BCUT2D eigenvalue weighted by molar-refractivity contribution is 0.0748. The van der Waals surface area contributed by atoms with E-state index >= 15 is 0 Å². The molecule has 5 rings (SSSR count). The fourth-order valence-electron chi connectivity index (χ4n) is 4.33. The first-order chi connectivity index (χ1) is 16.1. The Morgan fingerprint density at radius 1 is 0.909 bits per heavy atom. The van der Waals surface area contributed by atoms with Crippen molar-refractivity contribution in [1.82, 2.24) is 9.88 Å². The van der Waals surface area contributed by atoms with Crippen LogP contribution in [-0.2, 0) is 0 Å². The number of nitrogens with zero attached hydrogens (tertiary/aromatic N) is 3. The number of anilines is 1. The van der Waals surface area contributed by atoms with Crippen LogP contribution in [0.4, 0.5) is 5.69 Å². The third kappa shape index (κ3) is 4.24. The van der Waals surface area contributed by atoms with Crippen LogP contribution in [0.15, 0.2) is 78.9 Å². The molecule has 6 heteroatoms. The van der Waals surface area contributed by atoms with Crippen molar-refractivity contribution in [3.8, 4) is 17.0 Å². The van der Waals surface area contributed by atoms with Gasteiger partial charge in [0.15, 0.2) is 0 Å². The number of piperazine rings is 1. The number of methoxy groups -OCH3 is 1. The highest BCUT2D eigenvalue weighted by Gasteiger charge is 2.25. The molecule has 2 heterocycles. The lowest BCUT2D eigenvalue weighted by Crippen LogP contribution is -2.49. The van der Waals surface area contributed by atoms with Crippen LogP contribution in [0.5, 0.6) is 5.75 Å². The Labute approximate surface area is 198 Å². The average molecular weight is 458 g/mol. The number of hydrogen-bond acceptors (Lipinski definition) is 4. The Balaban J connectivity index is 1.43. The van der Waals surface area contributed by atoms with Crippen molar-refractivity contribution < 1.29 is 9.53 Å². The van der Waals surface area contributed by atoms with Gasteiger partial charge in [0.25, 0.3) is 5.91 Å². The number of carbonyl (C=O) groups excluding carboxylic acids is 1. The van der Waals surface area contributed by atoms with Gasteiger partial charge < -0.3 is 14.5 Å². The zero-order chi connectivity index (χ0) is 22.8. The molecule has 1 aliphatic rings. The van der Waals surface area contributed by atoms with Gasteiger partial charge in [0.2, 0.25) is 0 Å². The summed E-state index contributed by atoms with van der Waals surface area (Å²) in [4.78, 5) is 22.6. The molecule has 5 nitrogen and oxygen atoms in total. The van der Waals surface area contributed by atoms with Crippen molar-refractivity contribution >= 4 is 34.1 Å². The van der Waals surface area contributed by atoms with E-state index in [1.165, 1.54) is 0 Å². The number of hydrogen-bond donors (Lipinski definition) is 0. The summed E-state index contributed by atoms with van der Waals surface area (Å²) < 4.78 is 5.52. The third-order valence-electron chi connectivity index (χ3n) is 6.08. The molecule has 1 aliphatic heterocycles. The zero-order valence-corrected chi connectivity index (χ0v) is 19.1. The lowest BCUT2D eigenvalue weighted by atomic mass is 10.0. The van der Waals surface area contributed by atoms with E-state index in [-0.39, 0.29) is 5.91 Å². The van der Waals surface area contributed by atoms with Crippen LogP contribution in [0.2, 0.25) is 5.02 Å². The van der Waals surface area contributed by atoms with Crippen LogP contribution in [-0.4, -0.2) is 49.1 Å². The predicted octanol–water partition coefficient (Wildman–Crippen LogP) is 5.53. The third-order valence-corrected chi connectivity index (χ3v) is 6.33. The van der Waals surface area contributed by atoms with Crippen LogP contribution in [0.25, 0.3) is 22.2 Å². The van der Waals surface area contributed by atoms with Crippen molar-refractivity contribution in [3.63, 3.8) is 0 Å². The number of aromatic nitrogens is 1. The molecule has 0 atom stereocenters. The quantitative estimate of drug-likeness (QED) is 0.404. The van der Waals surface area contributed by atoms with Gasteiger partial charge in [0, 0.05) is 42.2 Å². The van der Waals surface area contributed by atoms with E-state index in [1.54, 1.807) is 7.11 Å². The molecule has 0 N–H and O–H groups in total. The average Bonchev–Trinajstić information content (AvgIpc) is 2.88. The van der Waals surface area contributed by atoms with E-state index in [4.69, 9.17) is 21.3 Å². The molecule has 0 radical (unpaired) electrons. The van der Waals surface area contributed by atoms with Crippen molar-refractivity contribution in [2.24, 2.45) is 0 Å². The number of benzene rings is 3. The van der Waals surface area contributed by atoms with Crippen LogP contribution < -0.4 is 9.64 Å². The Morgan fingerprint density at radius 2 is 1.61 bits per heavy atom. The second-order valence-electron chi connectivity index (χ2n) is 8.03. The lowest BCUT2D eigenvalue weighted by Gasteiger charge is -2.36.